The third-order valence-corrected chi connectivity index (χ3v) is 3.31. The van der Waals surface area contributed by atoms with E-state index in [9.17, 15) is 4.79 Å². The number of aromatic nitrogens is 1. The summed E-state index contributed by atoms with van der Waals surface area (Å²) in [6, 6.07) is 0. The Morgan fingerprint density at radius 3 is 2.69 bits per heavy atom. The molecule has 6 heteroatoms. The number of rotatable bonds is 5. The van der Waals surface area contributed by atoms with Crippen molar-refractivity contribution in [2.45, 2.75) is 26.4 Å². The number of aryl methyl sites for hydroxylation is 1. The highest BCUT2D eigenvalue weighted by Crippen LogP contribution is 2.23. The summed E-state index contributed by atoms with van der Waals surface area (Å²) in [5.74, 6) is -0.936. The Morgan fingerprint density at radius 1 is 1.62 bits per heavy atom. The molecule has 0 saturated heterocycles. The summed E-state index contributed by atoms with van der Waals surface area (Å²) in [4.78, 5) is 15.2. The lowest BCUT2D eigenvalue weighted by molar-refractivity contribution is 0.0343. The van der Waals surface area contributed by atoms with Crippen molar-refractivity contribution in [3.8, 4) is 0 Å². The first kappa shape index (κ1) is 12.9. The SMILES string of the molecule is COC(C)(C)CNc1nc(C)c(C(=O)O)s1. The van der Waals surface area contributed by atoms with Crippen LogP contribution in [0.2, 0.25) is 0 Å². The van der Waals surface area contributed by atoms with Gasteiger partial charge in [-0.1, -0.05) is 11.3 Å². The molecule has 0 radical (unpaired) electrons. The number of carbonyl (C=O) groups is 1. The Balaban J connectivity index is 2.69. The molecule has 0 unspecified atom stereocenters. The van der Waals surface area contributed by atoms with Crippen LogP contribution in [0.1, 0.15) is 29.2 Å². The number of hydrogen-bond donors (Lipinski definition) is 2. The third kappa shape index (κ3) is 3.18. The van der Waals surface area contributed by atoms with E-state index in [4.69, 9.17) is 9.84 Å². The summed E-state index contributed by atoms with van der Waals surface area (Å²) in [6.07, 6.45) is 0. The molecule has 0 saturated carbocycles. The number of anilines is 1. The van der Waals surface area contributed by atoms with Gasteiger partial charge in [0.15, 0.2) is 5.13 Å². The van der Waals surface area contributed by atoms with E-state index in [1.54, 1.807) is 14.0 Å². The molecule has 0 bridgehead atoms. The molecule has 1 rings (SSSR count). The van der Waals surface area contributed by atoms with Crippen LogP contribution in [0.4, 0.5) is 5.13 Å². The first-order chi connectivity index (χ1) is 7.35. The van der Waals surface area contributed by atoms with E-state index in [1.165, 1.54) is 0 Å². The van der Waals surface area contributed by atoms with Gasteiger partial charge in [0.2, 0.25) is 0 Å². The standard InChI is InChI=1S/C10H16N2O3S/c1-6-7(8(13)14)16-9(12-6)11-5-10(2,3)15-4/h5H2,1-4H3,(H,11,12)(H,13,14). The van der Waals surface area contributed by atoms with E-state index in [0.29, 0.717) is 17.4 Å². The van der Waals surface area contributed by atoms with Gasteiger partial charge in [-0.05, 0) is 20.8 Å². The lowest BCUT2D eigenvalue weighted by atomic mass is 10.1. The summed E-state index contributed by atoms with van der Waals surface area (Å²) >= 11 is 1.14. The van der Waals surface area contributed by atoms with Crippen molar-refractivity contribution in [1.29, 1.82) is 0 Å². The molecule has 0 atom stereocenters. The van der Waals surface area contributed by atoms with Crippen molar-refractivity contribution in [3.63, 3.8) is 0 Å². The highest BCUT2D eigenvalue weighted by Gasteiger charge is 2.18. The van der Waals surface area contributed by atoms with E-state index in [1.807, 2.05) is 13.8 Å². The predicted molar refractivity (Wildman–Crippen MR) is 63.4 cm³/mol. The van der Waals surface area contributed by atoms with Crippen LogP contribution in [0.3, 0.4) is 0 Å². The quantitative estimate of drug-likeness (QED) is 0.828. The molecule has 0 aliphatic heterocycles. The van der Waals surface area contributed by atoms with Gasteiger partial charge in [-0.2, -0.15) is 0 Å². The first-order valence-electron chi connectivity index (χ1n) is 4.85. The fourth-order valence-electron chi connectivity index (χ4n) is 1.03. The molecule has 0 spiro atoms. The predicted octanol–water partition coefficient (Wildman–Crippen LogP) is 1.99. The van der Waals surface area contributed by atoms with Crippen LogP contribution < -0.4 is 5.32 Å². The second-order valence-corrected chi connectivity index (χ2v) is 5.06. The number of ether oxygens (including phenoxy) is 1. The number of nitrogens with zero attached hydrogens (tertiary/aromatic N) is 1. The van der Waals surface area contributed by atoms with Crippen molar-refractivity contribution in [2.24, 2.45) is 0 Å². The van der Waals surface area contributed by atoms with Crippen molar-refractivity contribution >= 4 is 22.4 Å². The van der Waals surface area contributed by atoms with E-state index in [2.05, 4.69) is 10.3 Å². The molecule has 0 aliphatic carbocycles. The van der Waals surface area contributed by atoms with Crippen molar-refractivity contribution in [1.82, 2.24) is 4.98 Å². The van der Waals surface area contributed by atoms with Gasteiger partial charge in [-0.15, -0.1) is 0 Å². The van der Waals surface area contributed by atoms with Crippen LogP contribution >= 0.6 is 11.3 Å². The largest absolute Gasteiger partial charge is 0.477 e. The summed E-state index contributed by atoms with van der Waals surface area (Å²) in [5.41, 5.74) is 0.235. The number of carboxylic acids is 1. The van der Waals surface area contributed by atoms with Crippen LogP contribution in [0, 0.1) is 6.92 Å². The number of thiazole rings is 1. The fraction of sp³-hybridized carbons (Fsp3) is 0.600. The third-order valence-electron chi connectivity index (χ3n) is 2.21. The molecule has 1 aromatic heterocycles. The van der Waals surface area contributed by atoms with E-state index >= 15 is 0 Å². The lowest BCUT2D eigenvalue weighted by Gasteiger charge is -2.22. The Kier molecular flexibility index (Phi) is 3.88. The Labute approximate surface area is 98.5 Å². The zero-order valence-corrected chi connectivity index (χ0v) is 10.6. The number of hydrogen-bond acceptors (Lipinski definition) is 5. The number of nitrogens with one attached hydrogen (secondary N) is 1. The topological polar surface area (TPSA) is 71.5 Å². The Morgan fingerprint density at radius 2 is 2.25 bits per heavy atom. The monoisotopic (exact) mass is 244 g/mol. The van der Waals surface area contributed by atoms with Gasteiger partial charge in [0.05, 0.1) is 11.3 Å². The molecule has 1 heterocycles. The molecule has 0 fully saturated rings. The highest BCUT2D eigenvalue weighted by molar-refractivity contribution is 7.17. The van der Waals surface area contributed by atoms with Crippen LogP contribution in [0.15, 0.2) is 0 Å². The van der Waals surface area contributed by atoms with Gasteiger partial charge in [0.1, 0.15) is 4.88 Å². The fourth-order valence-corrected chi connectivity index (χ4v) is 1.83. The van der Waals surface area contributed by atoms with E-state index in [0.717, 1.165) is 11.3 Å². The van der Waals surface area contributed by atoms with Gasteiger partial charge in [0.25, 0.3) is 0 Å². The molecule has 0 amide bonds. The zero-order valence-electron chi connectivity index (χ0n) is 9.83. The van der Waals surface area contributed by atoms with Crippen molar-refractivity contribution in [3.05, 3.63) is 10.6 Å². The minimum absolute atomic E-state index is 0.276. The molecule has 1 aromatic rings. The number of methoxy groups -OCH3 is 1. The summed E-state index contributed by atoms with van der Waals surface area (Å²) in [5, 5.41) is 12.6. The minimum atomic E-state index is -0.936. The van der Waals surface area contributed by atoms with E-state index < -0.39 is 5.97 Å². The van der Waals surface area contributed by atoms with Crippen LogP contribution in [0.25, 0.3) is 0 Å². The maximum absolute atomic E-state index is 10.8. The first-order valence-corrected chi connectivity index (χ1v) is 5.67. The van der Waals surface area contributed by atoms with Gasteiger partial charge in [0, 0.05) is 13.7 Å². The Hall–Kier alpha value is -1.14. The zero-order chi connectivity index (χ0) is 12.3. The maximum atomic E-state index is 10.8. The summed E-state index contributed by atoms with van der Waals surface area (Å²) < 4.78 is 5.24. The highest BCUT2D eigenvalue weighted by atomic mass is 32.1. The average Bonchev–Trinajstić information content (AvgIpc) is 2.57. The van der Waals surface area contributed by atoms with E-state index in [-0.39, 0.29) is 10.5 Å². The van der Waals surface area contributed by atoms with Crippen LogP contribution in [-0.2, 0) is 4.74 Å². The average molecular weight is 244 g/mol. The molecule has 5 nitrogen and oxygen atoms in total. The van der Waals surface area contributed by atoms with Crippen molar-refractivity contribution in [2.75, 3.05) is 19.0 Å². The molecular weight excluding hydrogens is 228 g/mol. The smallest absolute Gasteiger partial charge is 0.347 e. The lowest BCUT2D eigenvalue weighted by Crippen LogP contribution is -2.31. The van der Waals surface area contributed by atoms with Gasteiger partial charge in [-0.25, -0.2) is 9.78 Å². The second-order valence-electron chi connectivity index (χ2n) is 4.06. The second kappa shape index (κ2) is 4.80. The number of carboxylic acid groups (broad SMARTS) is 1. The summed E-state index contributed by atoms with van der Waals surface area (Å²) in [7, 11) is 1.64. The molecule has 0 aromatic carbocycles. The molecular formula is C10H16N2O3S. The molecule has 90 valence electrons. The summed E-state index contributed by atoms with van der Waals surface area (Å²) in [6.45, 7) is 6.15. The molecule has 16 heavy (non-hydrogen) atoms. The molecule has 0 aliphatic rings. The van der Waals surface area contributed by atoms with Gasteiger partial charge in [-0.3, -0.25) is 0 Å². The maximum Gasteiger partial charge on any atom is 0.347 e. The van der Waals surface area contributed by atoms with Crippen LogP contribution in [0.5, 0.6) is 0 Å². The van der Waals surface area contributed by atoms with Crippen LogP contribution in [-0.4, -0.2) is 35.3 Å². The number of aromatic carboxylic acids is 1. The Bertz CT molecular complexity index is 387. The minimum Gasteiger partial charge on any atom is -0.477 e. The normalized spacial score (nSPS) is 11.5. The van der Waals surface area contributed by atoms with Gasteiger partial charge >= 0.3 is 5.97 Å². The van der Waals surface area contributed by atoms with Gasteiger partial charge < -0.3 is 15.2 Å². The molecule has 2 N–H and O–H groups in total. The van der Waals surface area contributed by atoms with Crippen molar-refractivity contribution < 1.29 is 14.6 Å².